The predicted molar refractivity (Wildman–Crippen MR) is 115 cm³/mol. The van der Waals surface area contributed by atoms with Gasteiger partial charge in [-0.3, -0.25) is 9.59 Å². The molecule has 1 aliphatic heterocycles. The molecule has 5 heteroatoms. The Bertz CT molecular complexity index is 760. The maximum Gasteiger partial charge on any atom is 0.226 e. The van der Waals surface area contributed by atoms with Crippen LogP contribution in [0, 0.1) is 23.2 Å². The van der Waals surface area contributed by atoms with Gasteiger partial charge in [-0.15, -0.1) is 0 Å². The first kappa shape index (κ1) is 19.9. The van der Waals surface area contributed by atoms with Gasteiger partial charge in [0.25, 0.3) is 0 Å². The summed E-state index contributed by atoms with van der Waals surface area (Å²) in [5.74, 6) is 3.68. The molecule has 6 rings (SSSR count). The van der Waals surface area contributed by atoms with Crippen LogP contribution in [0.25, 0.3) is 0 Å². The van der Waals surface area contributed by atoms with Gasteiger partial charge in [0.15, 0.2) is 0 Å². The minimum absolute atomic E-state index is 0.0733. The summed E-state index contributed by atoms with van der Waals surface area (Å²) in [6, 6.07) is 7.92. The van der Waals surface area contributed by atoms with Crippen molar-refractivity contribution in [3.63, 3.8) is 0 Å². The van der Waals surface area contributed by atoms with E-state index in [2.05, 4.69) is 5.32 Å². The number of carbonyl (C=O) groups excluding carboxylic acids is 2. The normalized spacial score (nSPS) is 32.8. The third-order valence-corrected chi connectivity index (χ3v) is 8.22. The molecule has 4 aliphatic carbocycles. The standard InChI is InChI=1S/C25H34N2O3/c1-30-22-4-2-17(3-5-22)13-23(28)27-8-6-21(7-9-27)26-24(29)25-14-18-10-19(15-25)12-20(11-18)16-25/h2-5,18-21H,6-16H2,1H3,(H,26,29). The van der Waals surface area contributed by atoms with E-state index >= 15 is 0 Å². The van der Waals surface area contributed by atoms with E-state index in [1.807, 2.05) is 29.2 Å². The average Bonchev–Trinajstić information content (AvgIpc) is 2.74. The highest BCUT2D eigenvalue weighted by Gasteiger charge is 2.54. The fourth-order valence-electron chi connectivity index (χ4n) is 7.03. The van der Waals surface area contributed by atoms with Gasteiger partial charge in [-0.2, -0.15) is 0 Å². The van der Waals surface area contributed by atoms with Crippen molar-refractivity contribution in [3.05, 3.63) is 29.8 Å². The molecule has 5 fully saturated rings. The van der Waals surface area contributed by atoms with E-state index in [4.69, 9.17) is 4.74 Å². The molecule has 1 aromatic carbocycles. The van der Waals surface area contributed by atoms with Crippen molar-refractivity contribution < 1.29 is 14.3 Å². The summed E-state index contributed by atoms with van der Waals surface area (Å²) in [7, 11) is 1.65. The van der Waals surface area contributed by atoms with Crippen LogP contribution < -0.4 is 10.1 Å². The molecule has 0 unspecified atom stereocenters. The summed E-state index contributed by atoms with van der Waals surface area (Å²) in [4.78, 5) is 27.9. The van der Waals surface area contributed by atoms with Gasteiger partial charge in [0.05, 0.1) is 13.5 Å². The third-order valence-electron chi connectivity index (χ3n) is 8.22. The van der Waals surface area contributed by atoms with E-state index < -0.39 is 0 Å². The number of nitrogens with zero attached hydrogens (tertiary/aromatic N) is 1. The lowest BCUT2D eigenvalue weighted by molar-refractivity contribution is -0.147. The molecule has 0 atom stereocenters. The molecule has 5 nitrogen and oxygen atoms in total. The van der Waals surface area contributed by atoms with E-state index in [1.54, 1.807) is 7.11 Å². The highest BCUT2D eigenvalue weighted by atomic mass is 16.5. The summed E-state index contributed by atoms with van der Waals surface area (Å²) in [5.41, 5.74) is 0.939. The zero-order chi connectivity index (χ0) is 20.7. The molecule has 1 aromatic rings. The lowest BCUT2D eigenvalue weighted by Crippen LogP contribution is -2.56. The molecule has 1 heterocycles. The molecule has 162 valence electrons. The first-order valence-corrected chi connectivity index (χ1v) is 11.7. The zero-order valence-electron chi connectivity index (χ0n) is 18.1. The van der Waals surface area contributed by atoms with E-state index in [1.165, 1.54) is 19.3 Å². The Hall–Kier alpha value is -2.04. The van der Waals surface area contributed by atoms with Crippen molar-refractivity contribution in [1.82, 2.24) is 10.2 Å². The van der Waals surface area contributed by atoms with Crippen LogP contribution in [0.3, 0.4) is 0 Å². The maximum atomic E-state index is 13.3. The number of rotatable bonds is 5. The lowest BCUT2D eigenvalue weighted by atomic mass is 9.49. The van der Waals surface area contributed by atoms with Crippen molar-refractivity contribution >= 4 is 11.8 Å². The number of amides is 2. The highest BCUT2D eigenvalue weighted by Crippen LogP contribution is 2.60. The van der Waals surface area contributed by atoms with Crippen molar-refractivity contribution in [3.8, 4) is 5.75 Å². The van der Waals surface area contributed by atoms with Crippen LogP contribution in [0.2, 0.25) is 0 Å². The largest absolute Gasteiger partial charge is 0.497 e. The minimum atomic E-state index is -0.0733. The van der Waals surface area contributed by atoms with Gasteiger partial charge >= 0.3 is 0 Å². The summed E-state index contributed by atoms with van der Waals surface area (Å²) < 4.78 is 5.18. The van der Waals surface area contributed by atoms with Gasteiger partial charge < -0.3 is 15.0 Å². The molecule has 4 bridgehead atoms. The van der Waals surface area contributed by atoms with Crippen molar-refractivity contribution in [2.75, 3.05) is 20.2 Å². The molecule has 0 aromatic heterocycles. The van der Waals surface area contributed by atoms with Crippen LogP contribution in [-0.2, 0) is 16.0 Å². The lowest BCUT2D eigenvalue weighted by Gasteiger charge is -2.56. The Kier molecular flexibility index (Phi) is 5.24. The number of carbonyl (C=O) groups is 2. The molecular formula is C25H34N2O3. The Morgan fingerprint density at radius 1 is 1.00 bits per heavy atom. The fourth-order valence-corrected chi connectivity index (χ4v) is 7.03. The van der Waals surface area contributed by atoms with Crippen molar-refractivity contribution in [2.24, 2.45) is 23.2 Å². The van der Waals surface area contributed by atoms with Crippen LogP contribution in [0.4, 0.5) is 0 Å². The number of nitrogens with one attached hydrogen (secondary N) is 1. The van der Waals surface area contributed by atoms with Crippen LogP contribution in [-0.4, -0.2) is 43.0 Å². The van der Waals surface area contributed by atoms with Crippen molar-refractivity contribution in [2.45, 2.75) is 63.8 Å². The van der Waals surface area contributed by atoms with Gasteiger partial charge in [0.1, 0.15) is 5.75 Å². The van der Waals surface area contributed by atoms with Crippen molar-refractivity contribution in [1.29, 1.82) is 0 Å². The number of hydrogen-bond acceptors (Lipinski definition) is 3. The number of ether oxygens (including phenoxy) is 1. The molecule has 30 heavy (non-hydrogen) atoms. The van der Waals surface area contributed by atoms with Crippen LogP contribution in [0.1, 0.15) is 56.9 Å². The fraction of sp³-hybridized carbons (Fsp3) is 0.680. The second kappa shape index (κ2) is 7.90. The smallest absolute Gasteiger partial charge is 0.226 e. The summed E-state index contributed by atoms with van der Waals surface area (Å²) in [5, 5.41) is 3.41. The molecule has 2 amide bonds. The monoisotopic (exact) mass is 410 g/mol. The molecular weight excluding hydrogens is 376 g/mol. The Morgan fingerprint density at radius 3 is 2.10 bits per heavy atom. The van der Waals surface area contributed by atoms with Gasteiger partial charge in [0.2, 0.25) is 11.8 Å². The Balaban J connectivity index is 1.12. The molecule has 0 radical (unpaired) electrons. The first-order valence-electron chi connectivity index (χ1n) is 11.7. The summed E-state index contributed by atoms with van der Waals surface area (Å²) >= 11 is 0. The van der Waals surface area contributed by atoms with E-state index in [9.17, 15) is 9.59 Å². The van der Waals surface area contributed by atoms with E-state index in [0.29, 0.717) is 12.3 Å². The van der Waals surface area contributed by atoms with E-state index in [-0.39, 0.29) is 17.4 Å². The third kappa shape index (κ3) is 3.83. The predicted octanol–water partition coefficient (Wildman–Crippen LogP) is 3.56. The molecule has 1 N–H and O–H groups in total. The number of benzene rings is 1. The maximum absolute atomic E-state index is 13.3. The molecule has 5 aliphatic rings. The quantitative estimate of drug-likeness (QED) is 0.807. The number of hydrogen-bond donors (Lipinski definition) is 1. The van der Waals surface area contributed by atoms with Crippen LogP contribution >= 0.6 is 0 Å². The second-order valence-corrected chi connectivity index (χ2v) is 10.4. The van der Waals surface area contributed by atoms with Crippen LogP contribution in [0.15, 0.2) is 24.3 Å². The van der Waals surface area contributed by atoms with Gasteiger partial charge in [0, 0.05) is 24.5 Å². The zero-order valence-corrected chi connectivity index (χ0v) is 18.1. The number of methoxy groups -OCH3 is 1. The second-order valence-electron chi connectivity index (χ2n) is 10.4. The van der Waals surface area contributed by atoms with Gasteiger partial charge in [-0.1, -0.05) is 12.1 Å². The molecule has 1 saturated heterocycles. The Labute approximate surface area is 179 Å². The molecule has 4 saturated carbocycles. The number of piperidine rings is 1. The summed E-state index contributed by atoms with van der Waals surface area (Å²) in [6.45, 7) is 1.47. The minimum Gasteiger partial charge on any atom is -0.497 e. The van der Waals surface area contributed by atoms with E-state index in [0.717, 1.165) is 74.3 Å². The van der Waals surface area contributed by atoms with Gasteiger partial charge in [-0.25, -0.2) is 0 Å². The first-order chi connectivity index (χ1) is 14.5. The molecule has 0 spiro atoms. The summed E-state index contributed by atoms with van der Waals surface area (Å²) in [6.07, 6.45) is 9.59. The SMILES string of the molecule is COc1ccc(CC(=O)N2CCC(NC(=O)C34CC5CC(CC(C5)C3)C4)CC2)cc1. The Morgan fingerprint density at radius 2 is 1.57 bits per heavy atom. The average molecular weight is 411 g/mol. The van der Waals surface area contributed by atoms with Gasteiger partial charge in [-0.05, 0) is 86.8 Å². The highest BCUT2D eigenvalue weighted by molar-refractivity contribution is 5.83. The van der Waals surface area contributed by atoms with Crippen LogP contribution in [0.5, 0.6) is 5.75 Å². The number of likely N-dealkylation sites (tertiary alicyclic amines) is 1. The topological polar surface area (TPSA) is 58.6 Å².